The van der Waals surface area contributed by atoms with Crippen LogP contribution in [0, 0.1) is 5.82 Å². The van der Waals surface area contributed by atoms with Crippen molar-refractivity contribution in [1.82, 2.24) is 10.3 Å². The van der Waals surface area contributed by atoms with E-state index in [9.17, 15) is 17.6 Å². The molecule has 2 aromatic rings. The van der Waals surface area contributed by atoms with E-state index in [1.54, 1.807) is 6.20 Å². The minimum atomic E-state index is -4.49. The third-order valence-electron chi connectivity index (χ3n) is 3.36. The highest BCUT2D eigenvalue weighted by atomic mass is 19.4. The van der Waals surface area contributed by atoms with Crippen LogP contribution in [0.25, 0.3) is 11.3 Å². The molecule has 0 atom stereocenters. The number of alkyl halides is 3. The molecule has 1 aliphatic heterocycles. The summed E-state index contributed by atoms with van der Waals surface area (Å²) in [5.41, 5.74) is 2.79. The molecular formula is C15H12F4N2O. The van der Waals surface area contributed by atoms with E-state index in [1.165, 1.54) is 12.1 Å². The predicted octanol–water partition coefficient (Wildman–Crippen LogP) is 3.43. The van der Waals surface area contributed by atoms with Gasteiger partial charge in [0.1, 0.15) is 11.6 Å². The van der Waals surface area contributed by atoms with Crippen molar-refractivity contribution < 1.29 is 22.3 Å². The number of rotatable bonds is 3. The van der Waals surface area contributed by atoms with Gasteiger partial charge in [0.25, 0.3) is 0 Å². The van der Waals surface area contributed by atoms with Crippen molar-refractivity contribution in [2.45, 2.75) is 19.3 Å². The SMILES string of the molecule is Fc1ccc(-c2nccc3c2CNC3)c(OCC(F)(F)F)c1. The number of fused-ring (bicyclic) bond motifs is 1. The van der Waals surface area contributed by atoms with Gasteiger partial charge < -0.3 is 10.1 Å². The number of benzene rings is 1. The van der Waals surface area contributed by atoms with E-state index in [1.807, 2.05) is 6.07 Å². The molecule has 3 nitrogen and oxygen atoms in total. The van der Waals surface area contributed by atoms with Gasteiger partial charge in [-0.15, -0.1) is 0 Å². The van der Waals surface area contributed by atoms with Gasteiger partial charge in [-0.3, -0.25) is 4.98 Å². The number of ether oxygens (including phenoxy) is 1. The lowest BCUT2D eigenvalue weighted by Crippen LogP contribution is -2.19. The fraction of sp³-hybridized carbons (Fsp3) is 0.267. The van der Waals surface area contributed by atoms with Gasteiger partial charge in [-0.1, -0.05) is 0 Å². The molecule has 0 unspecified atom stereocenters. The first-order valence-corrected chi connectivity index (χ1v) is 6.61. The fourth-order valence-electron chi connectivity index (χ4n) is 2.42. The third kappa shape index (κ3) is 3.04. The molecule has 7 heteroatoms. The Labute approximate surface area is 123 Å². The second-order valence-corrected chi connectivity index (χ2v) is 4.95. The summed E-state index contributed by atoms with van der Waals surface area (Å²) in [5, 5.41) is 3.15. The molecule has 0 amide bonds. The van der Waals surface area contributed by atoms with Gasteiger partial charge in [0, 0.05) is 30.9 Å². The number of aromatic nitrogens is 1. The Kier molecular flexibility index (Phi) is 3.74. The topological polar surface area (TPSA) is 34.2 Å². The Hall–Kier alpha value is -2.15. The molecule has 3 rings (SSSR count). The Morgan fingerprint density at radius 1 is 1.18 bits per heavy atom. The summed E-state index contributed by atoms with van der Waals surface area (Å²) in [6.45, 7) is -0.240. The van der Waals surface area contributed by atoms with Crippen LogP contribution >= 0.6 is 0 Å². The lowest BCUT2D eigenvalue weighted by Gasteiger charge is -2.14. The maximum atomic E-state index is 13.4. The molecule has 2 heterocycles. The van der Waals surface area contributed by atoms with Crippen LogP contribution in [-0.4, -0.2) is 17.8 Å². The number of nitrogens with one attached hydrogen (secondary N) is 1. The van der Waals surface area contributed by atoms with Crippen LogP contribution in [0.15, 0.2) is 30.5 Å². The summed E-state index contributed by atoms with van der Waals surface area (Å²) in [7, 11) is 0. The molecule has 0 radical (unpaired) electrons. The summed E-state index contributed by atoms with van der Waals surface area (Å²) < 4.78 is 55.2. The normalized spacial score (nSPS) is 14.0. The van der Waals surface area contributed by atoms with E-state index in [-0.39, 0.29) is 5.75 Å². The summed E-state index contributed by atoms with van der Waals surface area (Å²) in [6.07, 6.45) is -2.91. The number of hydrogen-bond donors (Lipinski definition) is 1. The average molecular weight is 312 g/mol. The van der Waals surface area contributed by atoms with Crippen molar-refractivity contribution in [3.8, 4) is 17.0 Å². The van der Waals surface area contributed by atoms with Crippen LogP contribution in [0.2, 0.25) is 0 Å². The van der Waals surface area contributed by atoms with Gasteiger partial charge >= 0.3 is 6.18 Å². The zero-order valence-corrected chi connectivity index (χ0v) is 11.4. The molecule has 1 aromatic carbocycles. The minimum Gasteiger partial charge on any atom is -0.483 e. The molecule has 116 valence electrons. The summed E-state index contributed by atoms with van der Waals surface area (Å²) in [4.78, 5) is 4.23. The van der Waals surface area contributed by atoms with E-state index >= 15 is 0 Å². The van der Waals surface area contributed by atoms with E-state index in [2.05, 4.69) is 10.3 Å². The van der Waals surface area contributed by atoms with Crippen molar-refractivity contribution in [1.29, 1.82) is 0 Å². The van der Waals surface area contributed by atoms with Gasteiger partial charge in [-0.2, -0.15) is 13.2 Å². The predicted molar refractivity (Wildman–Crippen MR) is 71.7 cm³/mol. The standard InChI is InChI=1S/C15H12F4N2O/c16-10-1-2-11(13(5-10)22-8-15(17,18)19)14-12-7-20-6-9(12)3-4-21-14/h1-5,20H,6-8H2. The maximum Gasteiger partial charge on any atom is 0.422 e. The number of hydrogen-bond acceptors (Lipinski definition) is 3. The van der Waals surface area contributed by atoms with Gasteiger partial charge in [0.15, 0.2) is 6.61 Å². The van der Waals surface area contributed by atoms with Crippen LogP contribution in [0.4, 0.5) is 17.6 Å². The van der Waals surface area contributed by atoms with Crippen LogP contribution in [0.1, 0.15) is 11.1 Å². The van der Waals surface area contributed by atoms with Crippen molar-refractivity contribution in [2.75, 3.05) is 6.61 Å². The fourth-order valence-corrected chi connectivity index (χ4v) is 2.42. The zero-order valence-electron chi connectivity index (χ0n) is 11.4. The molecule has 1 aliphatic rings. The molecule has 1 aromatic heterocycles. The molecule has 0 fully saturated rings. The lowest BCUT2D eigenvalue weighted by molar-refractivity contribution is -0.153. The Morgan fingerprint density at radius 2 is 2.00 bits per heavy atom. The Bertz CT molecular complexity index is 700. The van der Waals surface area contributed by atoms with Crippen LogP contribution in [-0.2, 0) is 13.1 Å². The summed E-state index contributed by atoms with van der Waals surface area (Å²) >= 11 is 0. The number of halogens is 4. The summed E-state index contributed by atoms with van der Waals surface area (Å²) in [5.74, 6) is -0.822. The van der Waals surface area contributed by atoms with Gasteiger partial charge in [0.05, 0.1) is 5.69 Å². The Morgan fingerprint density at radius 3 is 2.77 bits per heavy atom. The van der Waals surface area contributed by atoms with E-state index in [0.717, 1.165) is 17.2 Å². The first-order valence-electron chi connectivity index (χ1n) is 6.61. The Balaban J connectivity index is 2.02. The van der Waals surface area contributed by atoms with Crippen molar-refractivity contribution in [3.05, 3.63) is 47.4 Å². The van der Waals surface area contributed by atoms with Gasteiger partial charge in [-0.25, -0.2) is 4.39 Å². The first kappa shape index (κ1) is 14.8. The van der Waals surface area contributed by atoms with Crippen LogP contribution < -0.4 is 10.1 Å². The largest absolute Gasteiger partial charge is 0.483 e. The molecule has 0 spiro atoms. The van der Waals surface area contributed by atoms with Gasteiger partial charge in [0.2, 0.25) is 0 Å². The monoisotopic (exact) mass is 312 g/mol. The molecule has 0 saturated heterocycles. The van der Waals surface area contributed by atoms with Gasteiger partial charge in [-0.05, 0) is 29.3 Å². The summed E-state index contributed by atoms with van der Waals surface area (Å²) in [6, 6.07) is 5.37. The smallest absolute Gasteiger partial charge is 0.422 e. The molecule has 0 aliphatic carbocycles. The lowest BCUT2D eigenvalue weighted by atomic mass is 10.0. The van der Waals surface area contributed by atoms with E-state index in [4.69, 9.17) is 4.74 Å². The molecule has 22 heavy (non-hydrogen) atoms. The second kappa shape index (κ2) is 5.57. The van der Waals surface area contributed by atoms with E-state index in [0.29, 0.717) is 24.3 Å². The van der Waals surface area contributed by atoms with Crippen LogP contribution in [0.3, 0.4) is 0 Å². The highest BCUT2D eigenvalue weighted by Gasteiger charge is 2.29. The highest BCUT2D eigenvalue weighted by molar-refractivity contribution is 5.71. The highest BCUT2D eigenvalue weighted by Crippen LogP contribution is 2.35. The molecule has 0 saturated carbocycles. The average Bonchev–Trinajstić information content (AvgIpc) is 2.93. The van der Waals surface area contributed by atoms with E-state index < -0.39 is 18.6 Å². The second-order valence-electron chi connectivity index (χ2n) is 4.95. The quantitative estimate of drug-likeness (QED) is 0.882. The van der Waals surface area contributed by atoms with Crippen molar-refractivity contribution >= 4 is 0 Å². The third-order valence-corrected chi connectivity index (χ3v) is 3.36. The van der Waals surface area contributed by atoms with Crippen molar-refractivity contribution in [2.24, 2.45) is 0 Å². The molecular weight excluding hydrogens is 300 g/mol. The molecule has 0 bridgehead atoms. The number of pyridine rings is 1. The maximum absolute atomic E-state index is 13.4. The zero-order chi connectivity index (χ0) is 15.7. The van der Waals surface area contributed by atoms with Crippen LogP contribution in [0.5, 0.6) is 5.75 Å². The molecule has 1 N–H and O–H groups in total. The minimum absolute atomic E-state index is 0.162. The number of nitrogens with zero attached hydrogens (tertiary/aromatic N) is 1. The first-order chi connectivity index (χ1) is 10.4. The van der Waals surface area contributed by atoms with Crippen molar-refractivity contribution in [3.63, 3.8) is 0 Å².